The highest BCUT2D eigenvalue weighted by molar-refractivity contribution is 7.99. The molecule has 1 aliphatic rings. The molecule has 2 heterocycles. The van der Waals surface area contributed by atoms with Crippen LogP contribution in [0.25, 0.3) is 0 Å². The summed E-state index contributed by atoms with van der Waals surface area (Å²) in [4.78, 5) is 18.4. The van der Waals surface area contributed by atoms with Crippen LogP contribution >= 0.6 is 11.8 Å². The van der Waals surface area contributed by atoms with Gasteiger partial charge in [0.25, 0.3) is 0 Å². The van der Waals surface area contributed by atoms with Crippen molar-refractivity contribution in [1.82, 2.24) is 15.0 Å². The van der Waals surface area contributed by atoms with E-state index in [1.165, 1.54) is 7.11 Å². The molecule has 0 spiro atoms. The fourth-order valence-electron chi connectivity index (χ4n) is 2.58. The number of hydrogen-bond donors (Lipinski definition) is 0. The van der Waals surface area contributed by atoms with Crippen LogP contribution in [-0.2, 0) is 16.1 Å². The Bertz CT molecular complexity index is 466. The smallest absolute Gasteiger partial charge is 0.323 e. The molecule has 2 rings (SSSR count). The van der Waals surface area contributed by atoms with Gasteiger partial charge in [-0.2, -0.15) is 16.7 Å². The van der Waals surface area contributed by atoms with Crippen molar-refractivity contribution in [2.24, 2.45) is 0 Å². The van der Waals surface area contributed by atoms with E-state index in [2.05, 4.69) is 28.9 Å². The van der Waals surface area contributed by atoms with Gasteiger partial charge in [-0.3, -0.25) is 9.69 Å². The van der Waals surface area contributed by atoms with E-state index in [9.17, 15) is 4.79 Å². The zero-order chi connectivity index (χ0) is 15.2. The minimum absolute atomic E-state index is 0.177. The molecule has 0 bridgehead atoms. The van der Waals surface area contributed by atoms with Gasteiger partial charge >= 0.3 is 5.97 Å². The lowest BCUT2D eigenvalue weighted by Gasteiger charge is -2.32. The van der Waals surface area contributed by atoms with Gasteiger partial charge < -0.3 is 9.26 Å². The first-order chi connectivity index (χ1) is 10.2. The van der Waals surface area contributed by atoms with E-state index in [0.717, 1.165) is 37.4 Å². The SMILES string of the molecule is CCS[C@@H](C)c1noc(CN2CCCC[C@@H]2C(=O)OC)n1. The van der Waals surface area contributed by atoms with E-state index >= 15 is 0 Å². The Morgan fingerprint density at radius 2 is 2.38 bits per heavy atom. The zero-order valence-electron chi connectivity index (χ0n) is 12.9. The molecule has 0 saturated carbocycles. The third kappa shape index (κ3) is 4.20. The van der Waals surface area contributed by atoms with Gasteiger partial charge in [0, 0.05) is 0 Å². The summed E-state index contributed by atoms with van der Waals surface area (Å²) in [6.45, 7) is 5.55. The summed E-state index contributed by atoms with van der Waals surface area (Å²) in [7, 11) is 1.43. The van der Waals surface area contributed by atoms with E-state index in [4.69, 9.17) is 9.26 Å². The van der Waals surface area contributed by atoms with Gasteiger partial charge in [-0.1, -0.05) is 18.5 Å². The molecule has 2 atom stereocenters. The molecular weight excluding hydrogens is 290 g/mol. The number of likely N-dealkylation sites (tertiary alicyclic amines) is 1. The molecular formula is C14H23N3O3S. The number of nitrogens with zero attached hydrogens (tertiary/aromatic N) is 3. The molecule has 0 unspecified atom stereocenters. The summed E-state index contributed by atoms with van der Waals surface area (Å²) < 4.78 is 10.2. The quantitative estimate of drug-likeness (QED) is 0.747. The normalized spacial score (nSPS) is 21.2. The molecule has 118 valence electrons. The van der Waals surface area contributed by atoms with Crippen LogP contribution in [0.5, 0.6) is 0 Å². The van der Waals surface area contributed by atoms with Crippen LogP contribution in [0.3, 0.4) is 0 Å². The average Bonchev–Trinajstić information content (AvgIpc) is 2.96. The predicted molar refractivity (Wildman–Crippen MR) is 80.9 cm³/mol. The molecule has 0 N–H and O–H groups in total. The Labute approximate surface area is 129 Å². The molecule has 1 fully saturated rings. The van der Waals surface area contributed by atoms with Crippen molar-refractivity contribution in [1.29, 1.82) is 0 Å². The molecule has 6 nitrogen and oxygen atoms in total. The van der Waals surface area contributed by atoms with Crippen LogP contribution < -0.4 is 0 Å². The van der Waals surface area contributed by atoms with Crippen LogP contribution in [0.15, 0.2) is 4.52 Å². The van der Waals surface area contributed by atoms with Crippen LogP contribution in [0.1, 0.15) is 50.1 Å². The van der Waals surface area contributed by atoms with Gasteiger partial charge in [0.15, 0.2) is 5.82 Å². The first-order valence-corrected chi connectivity index (χ1v) is 8.46. The molecule has 7 heteroatoms. The van der Waals surface area contributed by atoms with Crippen molar-refractivity contribution in [3.05, 3.63) is 11.7 Å². The molecule has 0 aromatic carbocycles. The number of methoxy groups -OCH3 is 1. The summed E-state index contributed by atoms with van der Waals surface area (Å²) in [6.07, 6.45) is 2.96. The lowest BCUT2D eigenvalue weighted by atomic mass is 10.0. The summed E-state index contributed by atoms with van der Waals surface area (Å²) in [5, 5.41) is 4.27. The standard InChI is InChI=1S/C14H23N3O3S/c1-4-21-10(2)13-15-12(20-16-13)9-17-8-6-5-7-11(17)14(18)19-3/h10-11H,4-9H2,1-3H3/t10-,11+/m0/s1. The molecule has 0 aliphatic carbocycles. The van der Waals surface area contributed by atoms with Gasteiger partial charge in [-0.25, -0.2) is 0 Å². The lowest BCUT2D eigenvalue weighted by Crippen LogP contribution is -2.44. The highest BCUT2D eigenvalue weighted by Gasteiger charge is 2.30. The predicted octanol–water partition coefficient (Wildman–Crippen LogP) is 2.41. The van der Waals surface area contributed by atoms with Crippen molar-refractivity contribution in [2.45, 2.75) is 50.9 Å². The van der Waals surface area contributed by atoms with Gasteiger partial charge in [0.05, 0.1) is 18.9 Å². The Kier molecular flexibility index (Phi) is 6.05. The van der Waals surface area contributed by atoms with Crippen molar-refractivity contribution < 1.29 is 14.1 Å². The first-order valence-electron chi connectivity index (χ1n) is 7.41. The molecule has 0 amide bonds. The van der Waals surface area contributed by atoms with Crippen LogP contribution in [0.2, 0.25) is 0 Å². The third-order valence-electron chi connectivity index (χ3n) is 3.69. The maximum Gasteiger partial charge on any atom is 0.323 e. The van der Waals surface area contributed by atoms with E-state index in [1.807, 2.05) is 0 Å². The van der Waals surface area contributed by atoms with E-state index in [-0.39, 0.29) is 17.3 Å². The van der Waals surface area contributed by atoms with Gasteiger partial charge in [0.2, 0.25) is 5.89 Å². The van der Waals surface area contributed by atoms with Crippen LogP contribution in [0, 0.1) is 0 Å². The maximum absolute atomic E-state index is 11.8. The zero-order valence-corrected chi connectivity index (χ0v) is 13.7. The number of esters is 1. The maximum atomic E-state index is 11.8. The summed E-state index contributed by atoms with van der Waals surface area (Å²) >= 11 is 1.78. The second-order valence-electron chi connectivity index (χ2n) is 5.15. The van der Waals surface area contributed by atoms with E-state index in [0.29, 0.717) is 12.4 Å². The van der Waals surface area contributed by atoms with E-state index < -0.39 is 0 Å². The topological polar surface area (TPSA) is 68.5 Å². The number of piperidine rings is 1. The summed E-state index contributed by atoms with van der Waals surface area (Å²) in [5.74, 6) is 2.14. The summed E-state index contributed by atoms with van der Waals surface area (Å²) in [5.41, 5.74) is 0. The van der Waals surface area contributed by atoms with E-state index in [1.54, 1.807) is 11.8 Å². The van der Waals surface area contributed by atoms with Crippen molar-refractivity contribution in [3.63, 3.8) is 0 Å². The Morgan fingerprint density at radius 3 is 3.10 bits per heavy atom. The minimum atomic E-state index is -0.193. The second kappa shape index (κ2) is 7.79. The van der Waals surface area contributed by atoms with Crippen molar-refractivity contribution >= 4 is 17.7 Å². The molecule has 1 aromatic heterocycles. The van der Waals surface area contributed by atoms with Crippen LogP contribution in [-0.4, -0.2) is 46.5 Å². The van der Waals surface area contributed by atoms with Crippen molar-refractivity contribution in [2.75, 3.05) is 19.4 Å². The molecule has 1 saturated heterocycles. The fraction of sp³-hybridized carbons (Fsp3) is 0.786. The number of carbonyl (C=O) groups is 1. The van der Waals surface area contributed by atoms with Crippen molar-refractivity contribution in [3.8, 4) is 0 Å². The number of thioether (sulfide) groups is 1. The third-order valence-corrected chi connectivity index (χ3v) is 4.73. The monoisotopic (exact) mass is 313 g/mol. The fourth-order valence-corrected chi connectivity index (χ4v) is 3.32. The molecule has 1 aromatic rings. The summed E-state index contributed by atoms with van der Waals surface area (Å²) in [6, 6.07) is -0.193. The minimum Gasteiger partial charge on any atom is -0.468 e. The highest BCUT2D eigenvalue weighted by Crippen LogP contribution is 2.26. The Hall–Kier alpha value is -1.08. The number of aromatic nitrogens is 2. The molecule has 21 heavy (non-hydrogen) atoms. The second-order valence-corrected chi connectivity index (χ2v) is 6.77. The van der Waals surface area contributed by atoms with Crippen LogP contribution in [0.4, 0.5) is 0 Å². The molecule has 1 aliphatic heterocycles. The van der Waals surface area contributed by atoms with Gasteiger partial charge in [0.1, 0.15) is 6.04 Å². The number of hydrogen-bond acceptors (Lipinski definition) is 7. The molecule has 0 radical (unpaired) electrons. The highest BCUT2D eigenvalue weighted by atomic mass is 32.2. The number of carbonyl (C=O) groups excluding carboxylic acids is 1. The largest absolute Gasteiger partial charge is 0.468 e. The first kappa shape index (κ1) is 16.3. The number of ether oxygens (including phenoxy) is 1. The lowest BCUT2D eigenvalue weighted by molar-refractivity contribution is -0.148. The number of rotatable bonds is 6. The Balaban J connectivity index is 2.00. The Morgan fingerprint density at radius 1 is 1.57 bits per heavy atom. The van der Waals surface area contributed by atoms with Gasteiger partial charge in [-0.05, 0) is 32.1 Å². The average molecular weight is 313 g/mol. The van der Waals surface area contributed by atoms with Gasteiger partial charge in [-0.15, -0.1) is 0 Å².